The van der Waals surface area contributed by atoms with E-state index in [-0.39, 0.29) is 0 Å². The minimum Gasteiger partial charge on any atom is -0.312 e. The Morgan fingerprint density at radius 2 is 1.53 bits per heavy atom. The van der Waals surface area contributed by atoms with Gasteiger partial charge >= 0.3 is 0 Å². The molecule has 1 aromatic carbocycles. The third-order valence-electron chi connectivity index (χ3n) is 3.58. The van der Waals surface area contributed by atoms with E-state index in [0.29, 0.717) is 5.92 Å². The molecule has 0 unspecified atom stereocenters. The van der Waals surface area contributed by atoms with Gasteiger partial charge in [-0.05, 0) is 35.4 Å². The fourth-order valence-electron chi connectivity index (χ4n) is 1.70. The Bertz CT molecular complexity index is 311. The van der Waals surface area contributed by atoms with E-state index >= 15 is 0 Å². The largest absolute Gasteiger partial charge is 0.312 e. The Hall–Kier alpha value is -0.820. The Balaban J connectivity index is 2.37. The van der Waals surface area contributed by atoms with Crippen molar-refractivity contribution in [1.82, 2.24) is 5.32 Å². The van der Waals surface area contributed by atoms with Crippen molar-refractivity contribution in [3.8, 4) is 0 Å². The van der Waals surface area contributed by atoms with Gasteiger partial charge in [0, 0.05) is 6.54 Å². The molecule has 0 spiro atoms. The van der Waals surface area contributed by atoms with E-state index in [2.05, 4.69) is 64.2 Å². The lowest BCUT2D eigenvalue weighted by Crippen LogP contribution is -2.23. The smallest absolute Gasteiger partial charge is 0.0205 e. The predicted molar refractivity (Wildman–Crippen MR) is 76.2 cm³/mol. The summed E-state index contributed by atoms with van der Waals surface area (Å²) in [7, 11) is 0. The van der Waals surface area contributed by atoms with Crippen molar-refractivity contribution in [3.05, 3.63) is 35.4 Å². The van der Waals surface area contributed by atoms with Crippen LogP contribution in [0.3, 0.4) is 0 Å². The molecule has 0 saturated carbocycles. The quantitative estimate of drug-likeness (QED) is 0.777. The zero-order valence-corrected chi connectivity index (χ0v) is 12.0. The van der Waals surface area contributed by atoms with Gasteiger partial charge in [-0.2, -0.15) is 0 Å². The third-order valence-corrected chi connectivity index (χ3v) is 3.58. The Kier molecular flexibility index (Phi) is 5.70. The maximum atomic E-state index is 3.53. The van der Waals surface area contributed by atoms with Gasteiger partial charge in [0.05, 0.1) is 0 Å². The maximum absolute atomic E-state index is 3.53. The van der Waals surface area contributed by atoms with E-state index in [4.69, 9.17) is 0 Å². The van der Waals surface area contributed by atoms with E-state index in [0.717, 1.165) is 24.9 Å². The highest BCUT2D eigenvalue weighted by Crippen LogP contribution is 2.14. The third kappa shape index (κ3) is 4.91. The van der Waals surface area contributed by atoms with Crippen LogP contribution in [0, 0.1) is 11.8 Å². The molecule has 0 aromatic heterocycles. The van der Waals surface area contributed by atoms with Gasteiger partial charge in [0.2, 0.25) is 0 Å². The van der Waals surface area contributed by atoms with Crippen LogP contribution in [0.15, 0.2) is 24.3 Å². The summed E-state index contributed by atoms with van der Waals surface area (Å²) in [6, 6.07) is 8.96. The van der Waals surface area contributed by atoms with Crippen molar-refractivity contribution in [1.29, 1.82) is 0 Å². The second-order valence-electron chi connectivity index (χ2n) is 5.75. The number of hydrogen-bond donors (Lipinski definition) is 1. The van der Waals surface area contributed by atoms with Gasteiger partial charge in [-0.15, -0.1) is 0 Å². The van der Waals surface area contributed by atoms with Gasteiger partial charge in [-0.3, -0.25) is 0 Å². The summed E-state index contributed by atoms with van der Waals surface area (Å²) in [5, 5.41) is 3.53. The molecule has 1 aromatic rings. The first-order valence-corrected chi connectivity index (χ1v) is 6.80. The van der Waals surface area contributed by atoms with E-state index in [1.165, 1.54) is 11.1 Å². The molecule has 0 heterocycles. The monoisotopic (exact) mass is 233 g/mol. The predicted octanol–water partition coefficient (Wildman–Crippen LogP) is 4.19. The highest BCUT2D eigenvalue weighted by atomic mass is 14.9. The van der Waals surface area contributed by atoms with Crippen LogP contribution in [0.25, 0.3) is 0 Å². The second kappa shape index (κ2) is 6.80. The van der Waals surface area contributed by atoms with Crippen molar-refractivity contribution in [2.45, 2.75) is 47.1 Å². The summed E-state index contributed by atoms with van der Waals surface area (Å²) in [6.45, 7) is 13.4. The van der Waals surface area contributed by atoms with Crippen LogP contribution in [0.5, 0.6) is 0 Å². The number of rotatable bonds is 6. The van der Waals surface area contributed by atoms with Crippen LogP contribution in [-0.4, -0.2) is 6.54 Å². The van der Waals surface area contributed by atoms with Crippen LogP contribution in [-0.2, 0) is 6.54 Å². The van der Waals surface area contributed by atoms with Gasteiger partial charge in [0.15, 0.2) is 0 Å². The highest BCUT2D eigenvalue weighted by Gasteiger charge is 2.06. The summed E-state index contributed by atoms with van der Waals surface area (Å²) >= 11 is 0. The van der Waals surface area contributed by atoms with E-state index in [9.17, 15) is 0 Å². The Labute approximate surface area is 107 Å². The first kappa shape index (κ1) is 14.2. The minimum atomic E-state index is 0.623. The number of benzene rings is 1. The van der Waals surface area contributed by atoms with Crippen LogP contribution in [0.1, 0.15) is 51.7 Å². The van der Waals surface area contributed by atoms with Crippen LogP contribution < -0.4 is 5.32 Å². The lowest BCUT2D eigenvalue weighted by atomic mass is 9.98. The molecule has 0 saturated heterocycles. The Morgan fingerprint density at radius 3 is 2.00 bits per heavy atom. The molecule has 0 fully saturated rings. The molecule has 1 atom stereocenters. The highest BCUT2D eigenvalue weighted by molar-refractivity contribution is 5.24. The maximum Gasteiger partial charge on any atom is 0.0205 e. The lowest BCUT2D eigenvalue weighted by molar-refractivity contribution is 0.392. The molecule has 0 aliphatic rings. The van der Waals surface area contributed by atoms with Gasteiger partial charge < -0.3 is 5.32 Å². The van der Waals surface area contributed by atoms with E-state index in [1.807, 2.05) is 0 Å². The average Bonchev–Trinajstić information content (AvgIpc) is 2.29. The number of nitrogens with one attached hydrogen (secondary N) is 1. The summed E-state index contributed by atoms with van der Waals surface area (Å²) in [5.41, 5.74) is 2.80. The van der Waals surface area contributed by atoms with Crippen LogP contribution >= 0.6 is 0 Å². The molecule has 1 N–H and O–H groups in total. The molecular formula is C16H27N. The first-order chi connectivity index (χ1) is 8.00. The molecule has 0 aliphatic carbocycles. The molecule has 0 amide bonds. The van der Waals surface area contributed by atoms with Crippen LogP contribution in [0.4, 0.5) is 0 Å². The van der Waals surface area contributed by atoms with Crippen molar-refractivity contribution in [3.63, 3.8) is 0 Å². The summed E-state index contributed by atoms with van der Waals surface area (Å²) in [5.74, 6) is 2.12. The topological polar surface area (TPSA) is 12.0 Å². The second-order valence-corrected chi connectivity index (χ2v) is 5.75. The molecule has 1 heteroatoms. The summed E-state index contributed by atoms with van der Waals surface area (Å²) < 4.78 is 0. The standard InChI is InChI=1S/C16H27N/c1-12(2)14(5)10-17-11-15-6-8-16(9-7-15)13(3)4/h6-9,12-14,17H,10-11H2,1-5H3/t14-/m1/s1. The molecule has 1 nitrogen and oxygen atoms in total. The Morgan fingerprint density at radius 1 is 0.941 bits per heavy atom. The lowest BCUT2D eigenvalue weighted by Gasteiger charge is -2.16. The van der Waals surface area contributed by atoms with Crippen molar-refractivity contribution in [2.24, 2.45) is 11.8 Å². The number of hydrogen-bond acceptors (Lipinski definition) is 1. The van der Waals surface area contributed by atoms with Crippen molar-refractivity contribution < 1.29 is 0 Å². The van der Waals surface area contributed by atoms with Crippen LogP contribution in [0.2, 0.25) is 0 Å². The van der Waals surface area contributed by atoms with E-state index in [1.54, 1.807) is 0 Å². The zero-order chi connectivity index (χ0) is 12.8. The molecule has 96 valence electrons. The van der Waals surface area contributed by atoms with Crippen molar-refractivity contribution in [2.75, 3.05) is 6.54 Å². The first-order valence-electron chi connectivity index (χ1n) is 6.80. The fraction of sp³-hybridized carbons (Fsp3) is 0.625. The van der Waals surface area contributed by atoms with Gasteiger partial charge in [0.25, 0.3) is 0 Å². The molecular weight excluding hydrogens is 206 g/mol. The minimum absolute atomic E-state index is 0.623. The van der Waals surface area contributed by atoms with Gasteiger partial charge in [0.1, 0.15) is 0 Å². The molecule has 1 rings (SSSR count). The average molecular weight is 233 g/mol. The normalized spacial score (nSPS) is 13.4. The zero-order valence-electron chi connectivity index (χ0n) is 12.0. The molecule has 0 radical (unpaired) electrons. The molecule has 0 bridgehead atoms. The molecule has 17 heavy (non-hydrogen) atoms. The molecule has 0 aliphatic heterocycles. The van der Waals surface area contributed by atoms with Gasteiger partial charge in [-0.1, -0.05) is 58.9 Å². The van der Waals surface area contributed by atoms with Crippen molar-refractivity contribution >= 4 is 0 Å². The summed E-state index contributed by atoms with van der Waals surface area (Å²) in [4.78, 5) is 0. The van der Waals surface area contributed by atoms with E-state index < -0.39 is 0 Å². The SMILES string of the molecule is CC(C)c1ccc(CNC[C@@H](C)C(C)C)cc1. The van der Waals surface area contributed by atoms with Gasteiger partial charge in [-0.25, -0.2) is 0 Å². The fourth-order valence-corrected chi connectivity index (χ4v) is 1.70. The summed E-state index contributed by atoms with van der Waals surface area (Å²) in [6.07, 6.45) is 0.